The Hall–Kier alpha value is -4.40. The number of fused-ring (bicyclic) bond motifs is 3. The van der Waals surface area contributed by atoms with Crippen LogP contribution in [0.25, 0.3) is 33.1 Å². The van der Waals surface area contributed by atoms with Gasteiger partial charge in [-0.05, 0) is 31.5 Å². The van der Waals surface area contributed by atoms with Gasteiger partial charge in [-0.2, -0.15) is 0 Å². The minimum Gasteiger partial charge on any atom is -0.496 e. The second kappa shape index (κ2) is 7.63. The summed E-state index contributed by atoms with van der Waals surface area (Å²) in [6.45, 7) is 3.80. The normalized spacial score (nSPS) is 11.4. The number of ether oxygens (including phenoxy) is 1. The smallest absolute Gasteiger partial charge is 0.420 e. The lowest BCUT2D eigenvalue weighted by Gasteiger charge is -2.12. The molecule has 5 aromatic rings. The summed E-state index contributed by atoms with van der Waals surface area (Å²) < 4.78 is 17.7. The van der Waals surface area contributed by atoms with Crippen LogP contribution in [-0.4, -0.2) is 32.9 Å². The number of aryl methyl sites for hydroxylation is 2. The van der Waals surface area contributed by atoms with Crippen LogP contribution in [0, 0.1) is 13.8 Å². The maximum Gasteiger partial charge on any atom is 0.420 e. The van der Waals surface area contributed by atoms with E-state index in [0.717, 1.165) is 11.1 Å². The summed E-state index contributed by atoms with van der Waals surface area (Å²) in [5.74, 6) is -0.867. The number of pyridine rings is 1. The average Bonchev–Trinajstić information content (AvgIpc) is 3.31. The number of hydrogen-bond acceptors (Lipinski definition) is 7. The number of hydrogen-bond donors (Lipinski definition) is 1. The van der Waals surface area contributed by atoms with Gasteiger partial charge in [0.2, 0.25) is 0 Å². The quantitative estimate of drug-likeness (QED) is 0.428. The third-order valence-corrected chi connectivity index (χ3v) is 5.60. The summed E-state index contributed by atoms with van der Waals surface area (Å²) >= 11 is 0. The van der Waals surface area contributed by atoms with Crippen LogP contribution in [0.3, 0.4) is 0 Å². The van der Waals surface area contributed by atoms with Gasteiger partial charge >= 0.3 is 11.7 Å². The maximum atomic E-state index is 12.8. The fourth-order valence-electron chi connectivity index (χ4n) is 4.14. The summed E-state index contributed by atoms with van der Waals surface area (Å²) in [6, 6.07) is 12.8. The topological polar surface area (TPSA) is 121 Å². The Kier molecular flexibility index (Phi) is 4.74. The van der Waals surface area contributed by atoms with Gasteiger partial charge < -0.3 is 18.8 Å². The highest BCUT2D eigenvalue weighted by Crippen LogP contribution is 2.39. The molecule has 0 aliphatic rings. The molecule has 0 saturated carbocycles. The molecule has 0 atom stereocenters. The third-order valence-electron chi connectivity index (χ3n) is 5.60. The average molecular weight is 445 g/mol. The number of benzene rings is 2. The Balaban J connectivity index is 1.88. The van der Waals surface area contributed by atoms with Gasteiger partial charge in [0.1, 0.15) is 17.0 Å². The van der Waals surface area contributed by atoms with Crippen LogP contribution in [0.4, 0.5) is 0 Å². The van der Waals surface area contributed by atoms with Crippen molar-refractivity contribution < 1.29 is 23.6 Å². The Labute approximate surface area is 186 Å². The number of oxazole rings is 1. The zero-order chi connectivity index (χ0) is 23.3. The van der Waals surface area contributed by atoms with Gasteiger partial charge in [0.05, 0.1) is 30.4 Å². The minimum absolute atomic E-state index is 0.0805. The predicted molar refractivity (Wildman–Crippen MR) is 120 cm³/mol. The van der Waals surface area contributed by atoms with Gasteiger partial charge in [-0.3, -0.25) is 4.57 Å². The van der Waals surface area contributed by atoms with Crippen LogP contribution >= 0.6 is 0 Å². The first kappa shape index (κ1) is 20.5. The van der Waals surface area contributed by atoms with E-state index in [0.29, 0.717) is 39.2 Å². The van der Waals surface area contributed by atoms with Gasteiger partial charge in [-0.1, -0.05) is 35.5 Å². The number of carbonyl (C=O) groups is 1. The van der Waals surface area contributed by atoms with E-state index in [2.05, 4.69) is 10.1 Å². The monoisotopic (exact) mass is 445 g/mol. The fourth-order valence-corrected chi connectivity index (χ4v) is 4.14. The molecular formula is C24H19N3O6. The summed E-state index contributed by atoms with van der Waals surface area (Å²) in [5.41, 5.74) is 3.22. The zero-order valence-electron chi connectivity index (χ0n) is 18.1. The van der Waals surface area contributed by atoms with E-state index in [1.807, 2.05) is 37.3 Å². The second-order valence-corrected chi connectivity index (χ2v) is 7.65. The molecule has 0 fully saturated rings. The molecule has 1 N–H and O–H groups in total. The highest BCUT2D eigenvalue weighted by atomic mass is 16.5. The first-order valence-electron chi connectivity index (χ1n) is 10.1. The van der Waals surface area contributed by atoms with E-state index in [9.17, 15) is 14.7 Å². The second-order valence-electron chi connectivity index (χ2n) is 7.65. The SMILES string of the molecule is COc1cc2c(cc1-c1c(C)noc1C)nc(C(=O)O)c1oc(=O)n(Cc3ccccc3)c12. The standard InChI is InChI=1S/C24H19N3O6/c1-12-19(13(2)33-26-12)16-9-17-15(10-18(16)31-3)21-22(20(25-17)23(28)29)32-24(30)27(21)11-14-7-5-4-6-8-14/h4-10H,11H2,1-3H3,(H,28,29). The van der Waals surface area contributed by atoms with Crippen LogP contribution in [0.5, 0.6) is 5.75 Å². The number of carboxylic acids is 1. The van der Waals surface area contributed by atoms with Crippen molar-refractivity contribution in [2.75, 3.05) is 7.11 Å². The largest absolute Gasteiger partial charge is 0.496 e. The Morgan fingerprint density at radius 3 is 2.58 bits per heavy atom. The number of aromatic nitrogens is 3. The molecule has 9 nitrogen and oxygen atoms in total. The van der Waals surface area contributed by atoms with E-state index < -0.39 is 11.7 Å². The third kappa shape index (κ3) is 3.25. The first-order chi connectivity index (χ1) is 15.9. The van der Waals surface area contributed by atoms with Crippen LogP contribution in [0.2, 0.25) is 0 Å². The Morgan fingerprint density at radius 2 is 1.94 bits per heavy atom. The molecule has 0 bridgehead atoms. The van der Waals surface area contributed by atoms with Crippen molar-refractivity contribution in [1.29, 1.82) is 0 Å². The predicted octanol–water partition coefficient (Wildman–Crippen LogP) is 4.17. The first-order valence-corrected chi connectivity index (χ1v) is 10.1. The van der Waals surface area contributed by atoms with Gasteiger partial charge in [-0.25, -0.2) is 14.6 Å². The number of rotatable bonds is 5. The summed E-state index contributed by atoms with van der Waals surface area (Å²) in [6.07, 6.45) is 0. The van der Waals surface area contributed by atoms with Crippen molar-refractivity contribution >= 4 is 28.0 Å². The molecule has 0 spiro atoms. The van der Waals surface area contributed by atoms with E-state index in [1.165, 1.54) is 11.7 Å². The van der Waals surface area contributed by atoms with E-state index in [-0.39, 0.29) is 17.8 Å². The molecule has 0 amide bonds. The lowest BCUT2D eigenvalue weighted by atomic mass is 10.00. The molecule has 9 heteroatoms. The number of aromatic carboxylic acids is 1. The summed E-state index contributed by atoms with van der Waals surface area (Å²) in [4.78, 5) is 29.1. The van der Waals surface area contributed by atoms with Crippen LogP contribution in [0.15, 0.2) is 56.2 Å². The Morgan fingerprint density at radius 1 is 1.18 bits per heavy atom. The van der Waals surface area contributed by atoms with Crippen molar-refractivity contribution in [3.05, 3.63) is 75.7 Å². The highest BCUT2D eigenvalue weighted by Gasteiger charge is 2.25. The molecule has 0 unspecified atom stereocenters. The number of nitrogens with zero attached hydrogens (tertiary/aromatic N) is 3. The molecule has 3 heterocycles. The highest BCUT2D eigenvalue weighted by molar-refractivity contribution is 6.10. The lowest BCUT2D eigenvalue weighted by Crippen LogP contribution is -2.15. The van der Waals surface area contributed by atoms with Crippen molar-refractivity contribution in [3.63, 3.8) is 0 Å². The van der Waals surface area contributed by atoms with Crippen molar-refractivity contribution in [2.45, 2.75) is 20.4 Å². The maximum absolute atomic E-state index is 12.8. The molecule has 3 aromatic heterocycles. The van der Waals surface area contributed by atoms with Crippen LogP contribution in [0.1, 0.15) is 27.5 Å². The molecule has 166 valence electrons. The van der Waals surface area contributed by atoms with E-state index in [1.54, 1.807) is 19.1 Å². The molecule has 0 aliphatic carbocycles. The molecular weight excluding hydrogens is 426 g/mol. The van der Waals surface area contributed by atoms with Gasteiger partial charge in [0, 0.05) is 10.9 Å². The number of carboxylic acid groups (broad SMARTS) is 1. The zero-order valence-corrected chi connectivity index (χ0v) is 18.1. The molecule has 0 saturated heterocycles. The van der Waals surface area contributed by atoms with Crippen molar-refractivity contribution in [3.8, 4) is 16.9 Å². The summed E-state index contributed by atoms with van der Waals surface area (Å²) in [7, 11) is 1.53. The molecule has 33 heavy (non-hydrogen) atoms. The van der Waals surface area contributed by atoms with Gasteiger partial charge in [0.15, 0.2) is 11.3 Å². The molecule has 0 aliphatic heterocycles. The minimum atomic E-state index is -1.29. The van der Waals surface area contributed by atoms with E-state index in [4.69, 9.17) is 13.7 Å². The van der Waals surface area contributed by atoms with Gasteiger partial charge in [-0.15, -0.1) is 0 Å². The van der Waals surface area contributed by atoms with E-state index >= 15 is 0 Å². The summed E-state index contributed by atoms with van der Waals surface area (Å²) in [5, 5.41) is 14.3. The molecule has 0 radical (unpaired) electrons. The van der Waals surface area contributed by atoms with Crippen molar-refractivity contribution in [1.82, 2.24) is 14.7 Å². The van der Waals surface area contributed by atoms with Crippen LogP contribution in [-0.2, 0) is 6.54 Å². The van der Waals surface area contributed by atoms with Crippen LogP contribution < -0.4 is 10.5 Å². The fraction of sp³-hybridized carbons (Fsp3) is 0.167. The number of methoxy groups -OCH3 is 1. The molecule has 5 rings (SSSR count). The van der Waals surface area contributed by atoms with Gasteiger partial charge in [0.25, 0.3) is 0 Å². The Bertz CT molecular complexity index is 1570. The molecule has 2 aromatic carbocycles. The lowest BCUT2D eigenvalue weighted by molar-refractivity contribution is 0.0692. The van der Waals surface area contributed by atoms with Crippen molar-refractivity contribution in [2.24, 2.45) is 0 Å².